The Balaban J connectivity index is 1.65. The molecule has 3 heteroatoms. The fourth-order valence-electron chi connectivity index (χ4n) is 5.30. The van der Waals surface area contributed by atoms with Gasteiger partial charge in [-0.3, -0.25) is 10.3 Å². The van der Waals surface area contributed by atoms with Gasteiger partial charge in [-0.05, 0) is 75.6 Å². The van der Waals surface area contributed by atoms with Gasteiger partial charge in [-0.15, -0.1) is 0 Å². The second kappa shape index (κ2) is 8.02. The quantitative estimate of drug-likeness (QED) is 0.531. The first kappa shape index (κ1) is 22.0. The Bertz CT molecular complexity index is 990. The molecule has 0 radical (unpaired) electrons. The van der Waals surface area contributed by atoms with Crippen LogP contribution >= 0.6 is 0 Å². The van der Waals surface area contributed by atoms with Crippen molar-refractivity contribution in [2.24, 2.45) is 10.4 Å². The second-order valence-electron chi connectivity index (χ2n) is 10.0. The molecule has 3 aliphatic rings. The maximum absolute atomic E-state index is 14.8. The molecular weight excluding hydrogens is 383 g/mol. The van der Waals surface area contributed by atoms with Crippen molar-refractivity contribution in [1.29, 1.82) is 0 Å². The number of halogens is 1. The zero-order valence-electron chi connectivity index (χ0n) is 19.2. The molecule has 1 N–H and O–H groups in total. The number of hydrogen-bond donors (Lipinski definition) is 1. The average molecular weight is 419 g/mol. The molecule has 0 aromatic heterocycles. The zero-order valence-corrected chi connectivity index (χ0v) is 19.2. The van der Waals surface area contributed by atoms with E-state index in [1.54, 1.807) is 6.92 Å². The summed E-state index contributed by atoms with van der Waals surface area (Å²) in [6.45, 7) is 11.9. The van der Waals surface area contributed by atoms with Crippen LogP contribution in [-0.2, 0) is 0 Å². The van der Waals surface area contributed by atoms with Crippen LogP contribution in [0.15, 0.2) is 71.3 Å². The highest BCUT2D eigenvalue weighted by Crippen LogP contribution is 2.60. The Morgan fingerprint density at radius 1 is 1.26 bits per heavy atom. The Kier molecular flexibility index (Phi) is 5.68. The van der Waals surface area contributed by atoms with Crippen molar-refractivity contribution in [2.75, 3.05) is 7.05 Å². The fourth-order valence-corrected chi connectivity index (χ4v) is 5.30. The Morgan fingerprint density at radius 2 is 2.03 bits per heavy atom. The van der Waals surface area contributed by atoms with Gasteiger partial charge < -0.3 is 0 Å². The summed E-state index contributed by atoms with van der Waals surface area (Å²) in [4.78, 5) is 5.33. The van der Waals surface area contributed by atoms with Crippen molar-refractivity contribution in [3.8, 4) is 0 Å². The first-order chi connectivity index (χ1) is 14.7. The maximum atomic E-state index is 14.8. The number of rotatable bonds is 6. The number of allylic oxidation sites excluding steroid dienone is 4. The van der Waals surface area contributed by atoms with Crippen LogP contribution in [0.1, 0.15) is 69.9 Å². The van der Waals surface area contributed by atoms with E-state index in [1.165, 1.54) is 11.1 Å². The van der Waals surface area contributed by atoms with Gasteiger partial charge in [-0.2, -0.15) is 0 Å². The normalized spacial score (nSPS) is 30.1. The Hall–Kier alpha value is -2.26. The number of alkyl halides is 1. The summed E-state index contributed by atoms with van der Waals surface area (Å²) in [6.07, 6.45) is 12.3. The summed E-state index contributed by atoms with van der Waals surface area (Å²) >= 11 is 0. The van der Waals surface area contributed by atoms with Gasteiger partial charge in [-0.25, -0.2) is 4.39 Å². The van der Waals surface area contributed by atoms with E-state index in [2.05, 4.69) is 61.8 Å². The lowest BCUT2D eigenvalue weighted by Gasteiger charge is -2.37. The fraction of sp³-hybridized carbons (Fsp3) is 0.464. The van der Waals surface area contributed by atoms with Crippen molar-refractivity contribution < 1.29 is 4.39 Å². The first-order valence-electron chi connectivity index (χ1n) is 11.5. The summed E-state index contributed by atoms with van der Waals surface area (Å²) in [5.41, 5.74) is 5.42. The van der Waals surface area contributed by atoms with Crippen LogP contribution in [0, 0.1) is 5.41 Å². The number of nitrogens with one attached hydrogen (secondary N) is 1. The average Bonchev–Trinajstić information content (AvgIpc) is 3.53. The lowest BCUT2D eigenvalue weighted by atomic mass is 9.80. The predicted octanol–water partition coefficient (Wildman–Crippen LogP) is 6.95. The molecule has 31 heavy (non-hydrogen) atoms. The molecule has 1 fully saturated rings. The van der Waals surface area contributed by atoms with Crippen molar-refractivity contribution in [1.82, 2.24) is 5.32 Å². The molecule has 0 amide bonds. The van der Waals surface area contributed by atoms with Gasteiger partial charge in [0.05, 0.1) is 5.71 Å². The van der Waals surface area contributed by atoms with Crippen LogP contribution in [0.2, 0.25) is 0 Å². The van der Waals surface area contributed by atoms with Crippen LogP contribution in [0.3, 0.4) is 0 Å². The molecule has 1 aromatic carbocycles. The van der Waals surface area contributed by atoms with Gasteiger partial charge in [-0.1, -0.05) is 60.7 Å². The highest BCUT2D eigenvalue weighted by molar-refractivity contribution is 6.13. The lowest BCUT2D eigenvalue weighted by Crippen LogP contribution is -2.45. The van der Waals surface area contributed by atoms with Crippen LogP contribution in [-0.4, -0.2) is 24.1 Å². The molecule has 2 nitrogen and oxygen atoms in total. The first-order valence-corrected chi connectivity index (χ1v) is 11.5. The summed E-state index contributed by atoms with van der Waals surface area (Å²) in [5, 5.41) is 3.57. The van der Waals surface area contributed by atoms with Gasteiger partial charge >= 0.3 is 0 Å². The van der Waals surface area contributed by atoms with E-state index in [4.69, 9.17) is 4.99 Å². The zero-order chi connectivity index (χ0) is 22.3. The standard InChI is InChI=1S/C28H35FN2/c1-6-22-8-7-9-23(17-22)25-21(3)10-13-28(30-5,31-25)19-27(14-15-27)24-11-12-26(4,29)18-20(2)16-24/h6-10,16-17,30H,1-2,11-15,18-19H2,3-5H3. The van der Waals surface area contributed by atoms with E-state index in [0.717, 1.165) is 54.5 Å². The lowest BCUT2D eigenvalue weighted by molar-refractivity contribution is 0.176. The van der Waals surface area contributed by atoms with Crippen molar-refractivity contribution in [3.05, 3.63) is 77.4 Å². The summed E-state index contributed by atoms with van der Waals surface area (Å²) in [7, 11) is 2.02. The molecule has 1 heterocycles. The maximum Gasteiger partial charge on any atom is 0.115 e. The third-order valence-electron chi connectivity index (χ3n) is 7.36. The van der Waals surface area contributed by atoms with Gasteiger partial charge in [0.15, 0.2) is 0 Å². The highest BCUT2D eigenvalue weighted by Gasteiger charge is 2.52. The monoisotopic (exact) mass is 418 g/mol. The van der Waals surface area contributed by atoms with Crippen LogP contribution in [0.5, 0.6) is 0 Å². The third-order valence-corrected chi connectivity index (χ3v) is 7.36. The van der Waals surface area contributed by atoms with Crippen molar-refractivity contribution in [2.45, 2.75) is 70.1 Å². The minimum atomic E-state index is -1.15. The molecule has 2 atom stereocenters. The Labute approximate surface area is 186 Å². The van der Waals surface area contributed by atoms with Gasteiger partial charge in [0.2, 0.25) is 0 Å². The second-order valence-corrected chi connectivity index (χ2v) is 10.0. The molecule has 1 saturated carbocycles. The summed E-state index contributed by atoms with van der Waals surface area (Å²) < 4.78 is 14.8. The largest absolute Gasteiger partial charge is 0.296 e. The third kappa shape index (κ3) is 4.52. The molecule has 2 unspecified atom stereocenters. The summed E-state index contributed by atoms with van der Waals surface area (Å²) in [6, 6.07) is 8.41. The molecule has 1 aromatic rings. The highest BCUT2D eigenvalue weighted by atomic mass is 19.1. The molecule has 2 aliphatic carbocycles. The minimum Gasteiger partial charge on any atom is -0.296 e. The van der Waals surface area contributed by atoms with E-state index >= 15 is 0 Å². The SMILES string of the molecule is C=Cc1cccc(C2=NC(CC3(C4=CC(=C)CC(C)(F)CC4)CC3)(NC)CC=C2C)c1. The number of aliphatic imine (C=N–C) groups is 1. The van der Waals surface area contributed by atoms with Crippen LogP contribution < -0.4 is 5.32 Å². The van der Waals surface area contributed by atoms with Crippen molar-refractivity contribution in [3.63, 3.8) is 0 Å². The smallest absolute Gasteiger partial charge is 0.115 e. The molecule has 0 saturated heterocycles. The van der Waals surface area contributed by atoms with Gasteiger partial charge in [0, 0.05) is 18.4 Å². The van der Waals surface area contributed by atoms with E-state index in [1.807, 2.05) is 13.1 Å². The summed E-state index contributed by atoms with van der Waals surface area (Å²) in [5.74, 6) is 0. The van der Waals surface area contributed by atoms with E-state index in [-0.39, 0.29) is 11.1 Å². The topological polar surface area (TPSA) is 24.4 Å². The van der Waals surface area contributed by atoms with E-state index in [0.29, 0.717) is 12.8 Å². The van der Waals surface area contributed by atoms with E-state index < -0.39 is 5.67 Å². The van der Waals surface area contributed by atoms with E-state index in [9.17, 15) is 4.39 Å². The number of nitrogens with zero attached hydrogens (tertiary/aromatic N) is 1. The molecule has 0 spiro atoms. The molecule has 4 rings (SSSR count). The van der Waals surface area contributed by atoms with Crippen LogP contribution in [0.4, 0.5) is 4.39 Å². The van der Waals surface area contributed by atoms with Gasteiger partial charge in [0.25, 0.3) is 0 Å². The predicted molar refractivity (Wildman–Crippen MR) is 130 cm³/mol. The van der Waals surface area contributed by atoms with Crippen LogP contribution in [0.25, 0.3) is 6.08 Å². The molecule has 1 aliphatic heterocycles. The van der Waals surface area contributed by atoms with Gasteiger partial charge in [0.1, 0.15) is 11.3 Å². The number of hydrogen-bond acceptors (Lipinski definition) is 2. The number of benzene rings is 1. The van der Waals surface area contributed by atoms with Crippen molar-refractivity contribution >= 4 is 11.8 Å². The number of dihydropyridines is 1. The molecule has 164 valence electrons. The molecule has 0 bridgehead atoms. The molecular formula is C28H35FN2. The minimum absolute atomic E-state index is 0.114. The Morgan fingerprint density at radius 3 is 2.71 bits per heavy atom.